The lowest BCUT2D eigenvalue weighted by molar-refractivity contribution is -0.123. The van der Waals surface area contributed by atoms with E-state index in [-0.39, 0.29) is 0 Å². The normalized spacial score (nSPS) is 26.3. The Morgan fingerprint density at radius 3 is 2.90 bits per heavy atom. The topological polar surface area (TPSA) is 20.3 Å². The van der Waals surface area contributed by atoms with Gasteiger partial charge in [-0.1, -0.05) is 13.3 Å². The molecule has 1 aliphatic rings. The number of nitrogens with zero attached hydrogens (tertiary/aromatic N) is 1. The molecule has 0 spiro atoms. The van der Waals surface area contributed by atoms with E-state index in [1.807, 2.05) is 4.57 Å². The molecule has 58 valence electrons. The number of carbonyl (C=O) groups is 1. The van der Waals surface area contributed by atoms with Crippen LogP contribution in [0.1, 0.15) is 26.2 Å². The second kappa shape index (κ2) is 3.19. The van der Waals surface area contributed by atoms with Crippen LogP contribution in [0.3, 0.4) is 0 Å². The van der Waals surface area contributed by atoms with Gasteiger partial charge in [0, 0.05) is 13.0 Å². The van der Waals surface area contributed by atoms with Crippen LogP contribution in [0.4, 0.5) is 0 Å². The predicted octanol–water partition coefficient (Wildman–Crippen LogP) is -0.0846. The van der Waals surface area contributed by atoms with Crippen molar-refractivity contribution >= 4 is 16.3 Å². The standard InChI is InChI=1S/C7H15NOSi/c1-2-3-6-4-7(9)8(10)5-6/h6H,2-5H2,1,10H3. The monoisotopic (exact) mass is 157 g/mol. The lowest BCUT2D eigenvalue weighted by atomic mass is 10.0. The summed E-state index contributed by atoms with van der Waals surface area (Å²) in [5.41, 5.74) is 0. The van der Waals surface area contributed by atoms with Gasteiger partial charge in [-0.3, -0.25) is 4.79 Å². The summed E-state index contributed by atoms with van der Waals surface area (Å²) < 4.78 is 1.97. The highest BCUT2D eigenvalue weighted by atomic mass is 28.2. The van der Waals surface area contributed by atoms with Crippen LogP contribution in [0.25, 0.3) is 0 Å². The van der Waals surface area contributed by atoms with E-state index in [0.29, 0.717) is 11.8 Å². The van der Waals surface area contributed by atoms with E-state index in [0.717, 1.165) is 23.4 Å². The number of carbonyl (C=O) groups excluding carboxylic acids is 1. The molecule has 1 amide bonds. The third-order valence-corrected chi connectivity index (χ3v) is 2.98. The molecule has 1 fully saturated rings. The van der Waals surface area contributed by atoms with Gasteiger partial charge >= 0.3 is 0 Å². The Hall–Kier alpha value is -0.313. The van der Waals surface area contributed by atoms with Gasteiger partial charge in [0.05, 0.1) is 0 Å². The van der Waals surface area contributed by atoms with Crippen molar-refractivity contribution in [3.63, 3.8) is 0 Å². The van der Waals surface area contributed by atoms with Crippen molar-refractivity contribution in [3.05, 3.63) is 0 Å². The van der Waals surface area contributed by atoms with Crippen LogP contribution in [-0.2, 0) is 4.79 Å². The minimum Gasteiger partial charge on any atom is -0.378 e. The predicted molar refractivity (Wildman–Crippen MR) is 44.7 cm³/mol. The molecule has 2 nitrogen and oxygen atoms in total. The van der Waals surface area contributed by atoms with Gasteiger partial charge in [-0.15, -0.1) is 0 Å². The molecule has 0 saturated carbocycles. The first-order valence-corrected chi connectivity index (χ1v) is 4.87. The Morgan fingerprint density at radius 1 is 1.80 bits per heavy atom. The van der Waals surface area contributed by atoms with E-state index in [1.165, 1.54) is 12.8 Å². The highest BCUT2D eigenvalue weighted by Crippen LogP contribution is 2.19. The minimum absolute atomic E-state index is 0.380. The Kier molecular flexibility index (Phi) is 2.48. The third-order valence-electron chi connectivity index (χ3n) is 2.12. The Morgan fingerprint density at radius 2 is 2.50 bits per heavy atom. The molecule has 1 unspecified atom stereocenters. The van der Waals surface area contributed by atoms with Crippen LogP contribution in [0.15, 0.2) is 0 Å². The first-order valence-electron chi connectivity index (χ1n) is 3.98. The Bertz CT molecular complexity index is 138. The first kappa shape index (κ1) is 7.79. The Labute approximate surface area is 65.1 Å². The fourth-order valence-corrected chi connectivity index (χ4v) is 2.26. The molecular weight excluding hydrogens is 142 g/mol. The zero-order valence-electron chi connectivity index (χ0n) is 6.76. The van der Waals surface area contributed by atoms with Gasteiger partial charge in [-0.05, 0) is 12.3 Å². The number of hydrogen-bond donors (Lipinski definition) is 0. The molecule has 10 heavy (non-hydrogen) atoms. The number of rotatable bonds is 2. The summed E-state index contributed by atoms with van der Waals surface area (Å²) in [7, 11) is 0.916. The van der Waals surface area contributed by atoms with Gasteiger partial charge in [0.25, 0.3) is 0 Å². The second-order valence-corrected chi connectivity index (χ2v) is 4.21. The van der Waals surface area contributed by atoms with E-state index in [1.54, 1.807) is 0 Å². The van der Waals surface area contributed by atoms with E-state index < -0.39 is 0 Å². The molecule has 1 heterocycles. The molecule has 0 aromatic rings. The zero-order chi connectivity index (χ0) is 7.56. The van der Waals surface area contributed by atoms with Crippen LogP contribution in [0, 0.1) is 5.92 Å². The SMILES string of the molecule is CCCC1CC(=O)N([SiH3])C1. The van der Waals surface area contributed by atoms with Crippen LogP contribution in [0.5, 0.6) is 0 Å². The van der Waals surface area contributed by atoms with Crippen LogP contribution in [-0.4, -0.2) is 27.4 Å². The van der Waals surface area contributed by atoms with Gasteiger partial charge in [0.1, 0.15) is 10.4 Å². The lowest BCUT2D eigenvalue weighted by Gasteiger charge is -2.08. The summed E-state index contributed by atoms with van der Waals surface area (Å²) in [4.78, 5) is 11.0. The average Bonchev–Trinajstić information content (AvgIpc) is 2.14. The van der Waals surface area contributed by atoms with E-state index in [9.17, 15) is 4.79 Å². The van der Waals surface area contributed by atoms with Crippen LogP contribution >= 0.6 is 0 Å². The highest BCUT2D eigenvalue weighted by Gasteiger charge is 2.24. The van der Waals surface area contributed by atoms with Crippen LogP contribution in [0.2, 0.25) is 0 Å². The van der Waals surface area contributed by atoms with Crippen molar-refractivity contribution in [1.29, 1.82) is 0 Å². The largest absolute Gasteiger partial charge is 0.378 e. The maximum atomic E-state index is 11.0. The molecule has 0 aromatic carbocycles. The van der Waals surface area contributed by atoms with Gasteiger partial charge in [0.2, 0.25) is 5.91 Å². The highest BCUT2D eigenvalue weighted by molar-refractivity contribution is 6.14. The smallest absolute Gasteiger partial charge is 0.214 e. The molecule has 3 heteroatoms. The number of hydrogen-bond acceptors (Lipinski definition) is 1. The van der Waals surface area contributed by atoms with Crippen molar-refractivity contribution < 1.29 is 4.79 Å². The summed E-state index contributed by atoms with van der Waals surface area (Å²) in [6.45, 7) is 3.22. The van der Waals surface area contributed by atoms with E-state index in [4.69, 9.17) is 0 Å². The van der Waals surface area contributed by atoms with Gasteiger partial charge < -0.3 is 4.57 Å². The molecule has 1 atom stereocenters. The molecule has 0 bridgehead atoms. The molecule has 1 aliphatic heterocycles. The van der Waals surface area contributed by atoms with Crippen molar-refractivity contribution in [3.8, 4) is 0 Å². The summed E-state index contributed by atoms with van der Waals surface area (Å²) in [6.07, 6.45) is 3.26. The fourth-order valence-electron chi connectivity index (χ4n) is 1.56. The van der Waals surface area contributed by atoms with E-state index in [2.05, 4.69) is 6.92 Å². The molecule has 0 radical (unpaired) electrons. The summed E-state index contributed by atoms with van der Waals surface area (Å²) in [6, 6.07) is 0. The maximum Gasteiger partial charge on any atom is 0.214 e. The average molecular weight is 157 g/mol. The summed E-state index contributed by atoms with van der Waals surface area (Å²) in [5.74, 6) is 1.06. The van der Waals surface area contributed by atoms with Gasteiger partial charge in [0.15, 0.2) is 0 Å². The molecular formula is C7H15NOSi. The zero-order valence-corrected chi connectivity index (χ0v) is 8.76. The molecule has 1 rings (SSSR count). The molecule has 0 aromatic heterocycles. The number of amides is 1. The van der Waals surface area contributed by atoms with Crippen molar-refractivity contribution in [2.75, 3.05) is 6.54 Å². The van der Waals surface area contributed by atoms with Gasteiger partial charge in [-0.2, -0.15) is 0 Å². The van der Waals surface area contributed by atoms with Crippen LogP contribution < -0.4 is 0 Å². The van der Waals surface area contributed by atoms with Crippen molar-refractivity contribution in [2.45, 2.75) is 26.2 Å². The summed E-state index contributed by atoms with van der Waals surface area (Å²) >= 11 is 0. The second-order valence-electron chi connectivity index (χ2n) is 3.13. The first-order chi connectivity index (χ1) is 4.74. The molecule has 1 saturated heterocycles. The third kappa shape index (κ3) is 1.59. The lowest BCUT2D eigenvalue weighted by Crippen LogP contribution is -2.20. The summed E-state index contributed by atoms with van der Waals surface area (Å²) in [5, 5.41) is 0. The quantitative estimate of drug-likeness (QED) is 0.513. The minimum atomic E-state index is 0.380. The van der Waals surface area contributed by atoms with Crippen molar-refractivity contribution in [1.82, 2.24) is 4.57 Å². The van der Waals surface area contributed by atoms with Gasteiger partial charge in [-0.25, -0.2) is 0 Å². The molecule has 0 aliphatic carbocycles. The van der Waals surface area contributed by atoms with Crippen molar-refractivity contribution in [2.24, 2.45) is 5.92 Å². The fraction of sp³-hybridized carbons (Fsp3) is 0.857. The Balaban J connectivity index is 2.34. The maximum absolute atomic E-state index is 11.0. The molecule has 0 N–H and O–H groups in total. The van der Waals surface area contributed by atoms with E-state index >= 15 is 0 Å².